The standard InChI is InChI=1S/C28H42N2O3/c1-26(2,32)17-13-29-30(14-17)15-23(31)25-22-11-21(22)24-20-6-5-16-12-27(3,33)9-7-18(16)19(20)8-10-28(24,25)4/h13-14,16,18-22,24-25,32-33H,5-12,15H2,1-4H3/t16-,18+,19-,20-,21-,22+,24-,25-,27-,28+/m1/s1. The molecule has 6 rings (SSSR count). The van der Waals surface area contributed by atoms with Crippen molar-refractivity contribution in [3.63, 3.8) is 0 Å². The van der Waals surface area contributed by atoms with Gasteiger partial charge < -0.3 is 10.2 Å². The van der Waals surface area contributed by atoms with Gasteiger partial charge in [0.25, 0.3) is 0 Å². The molecule has 5 aliphatic rings. The molecular formula is C28H42N2O3. The van der Waals surface area contributed by atoms with Crippen LogP contribution in [0.4, 0.5) is 0 Å². The maximum atomic E-state index is 13.7. The van der Waals surface area contributed by atoms with Crippen molar-refractivity contribution in [1.82, 2.24) is 9.78 Å². The summed E-state index contributed by atoms with van der Waals surface area (Å²) in [6.45, 7) is 8.34. The Labute approximate surface area is 198 Å². The highest BCUT2D eigenvalue weighted by molar-refractivity contribution is 5.83. The lowest BCUT2D eigenvalue weighted by Crippen LogP contribution is -2.52. The Morgan fingerprint density at radius 2 is 1.85 bits per heavy atom. The number of aromatic nitrogens is 2. The van der Waals surface area contributed by atoms with E-state index >= 15 is 0 Å². The van der Waals surface area contributed by atoms with E-state index in [2.05, 4.69) is 12.0 Å². The number of fused-ring (bicyclic) bond motifs is 7. The molecule has 0 unspecified atom stereocenters. The average molecular weight is 455 g/mol. The summed E-state index contributed by atoms with van der Waals surface area (Å²) in [6.07, 6.45) is 13.0. The van der Waals surface area contributed by atoms with Crippen LogP contribution in [0.5, 0.6) is 0 Å². The number of ketones is 1. The lowest BCUT2D eigenvalue weighted by atomic mass is 9.48. The second-order valence-corrected chi connectivity index (χ2v) is 13.6. The van der Waals surface area contributed by atoms with Gasteiger partial charge in [-0.1, -0.05) is 6.92 Å². The summed E-state index contributed by atoms with van der Waals surface area (Å²) in [5, 5.41) is 25.3. The van der Waals surface area contributed by atoms with Crippen molar-refractivity contribution in [2.45, 2.75) is 96.8 Å². The van der Waals surface area contributed by atoms with Crippen molar-refractivity contribution >= 4 is 5.78 Å². The first-order chi connectivity index (χ1) is 15.5. The zero-order chi connectivity index (χ0) is 23.3. The molecule has 5 saturated carbocycles. The minimum absolute atomic E-state index is 0.144. The normalized spacial score (nSPS) is 48.4. The average Bonchev–Trinajstić information content (AvgIpc) is 3.20. The van der Waals surface area contributed by atoms with Crippen LogP contribution in [-0.4, -0.2) is 31.4 Å². The van der Waals surface area contributed by atoms with Gasteiger partial charge in [0.2, 0.25) is 0 Å². The van der Waals surface area contributed by atoms with Crippen molar-refractivity contribution in [3.8, 4) is 0 Å². The smallest absolute Gasteiger partial charge is 0.158 e. The van der Waals surface area contributed by atoms with E-state index in [-0.39, 0.29) is 11.3 Å². The Morgan fingerprint density at radius 3 is 2.58 bits per heavy atom. The molecule has 5 heteroatoms. The minimum Gasteiger partial charge on any atom is -0.390 e. The molecule has 1 aromatic heterocycles. The predicted molar refractivity (Wildman–Crippen MR) is 126 cm³/mol. The summed E-state index contributed by atoms with van der Waals surface area (Å²) < 4.78 is 1.74. The molecule has 182 valence electrons. The molecule has 0 saturated heterocycles. The van der Waals surface area contributed by atoms with Gasteiger partial charge in [-0.25, -0.2) is 0 Å². The SMILES string of the molecule is CC(C)(O)c1cnn(CC(=O)[C@H]2[C@H]3C[C@H]3[C@H]3[C@@H]4CC[C@@H]5C[C@](C)(O)CC[C@@H]5[C@H]4CC[C@@]32C)c1. The maximum absolute atomic E-state index is 13.7. The lowest BCUT2D eigenvalue weighted by Gasteiger charge is -2.57. The number of nitrogens with zero attached hydrogens (tertiary/aromatic N) is 2. The third-order valence-electron chi connectivity index (χ3n) is 11.0. The quantitative estimate of drug-likeness (QED) is 0.700. The van der Waals surface area contributed by atoms with Crippen LogP contribution >= 0.6 is 0 Å². The topological polar surface area (TPSA) is 75.4 Å². The number of hydrogen-bond acceptors (Lipinski definition) is 4. The van der Waals surface area contributed by atoms with Gasteiger partial charge in [-0.3, -0.25) is 9.48 Å². The monoisotopic (exact) mass is 454 g/mol. The number of Topliss-reactive ketones (excluding diaryl/α,β-unsaturated/α-hetero) is 1. The summed E-state index contributed by atoms with van der Waals surface area (Å²) in [4.78, 5) is 13.7. The summed E-state index contributed by atoms with van der Waals surface area (Å²) in [7, 11) is 0. The maximum Gasteiger partial charge on any atom is 0.158 e. The highest BCUT2D eigenvalue weighted by Gasteiger charge is 2.70. The van der Waals surface area contributed by atoms with E-state index in [1.807, 2.05) is 13.1 Å². The molecular weight excluding hydrogens is 412 g/mol. The molecule has 0 aliphatic heterocycles. The zero-order valence-electron chi connectivity index (χ0n) is 20.8. The number of hydrogen-bond donors (Lipinski definition) is 2. The van der Waals surface area contributed by atoms with Crippen LogP contribution in [0.15, 0.2) is 12.4 Å². The van der Waals surface area contributed by atoms with Crippen LogP contribution in [0.2, 0.25) is 0 Å². The second kappa shape index (κ2) is 7.16. The Bertz CT molecular complexity index is 945. The van der Waals surface area contributed by atoms with Crippen molar-refractivity contribution in [3.05, 3.63) is 18.0 Å². The van der Waals surface area contributed by atoms with Gasteiger partial charge in [0.1, 0.15) is 0 Å². The predicted octanol–water partition coefficient (Wildman–Crippen LogP) is 4.56. The first kappa shape index (κ1) is 22.3. The molecule has 5 nitrogen and oxygen atoms in total. The molecule has 0 radical (unpaired) electrons. The van der Waals surface area contributed by atoms with Gasteiger partial charge in [0, 0.05) is 17.7 Å². The summed E-state index contributed by atoms with van der Waals surface area (Å²) in [5.74, 6) is 5.68. The van der Waals surface area contributed by atoms with Crippen molar-refractivity contribution in [2.75, 3.05) is 0 Å². The number of aliphatic hydroxyl groups is 2. The first-order valence-corrected chi connectivity index (χ1v) is 13.5. The Morgan fingerprint density at radius 1 is 1.09 bits per heavy atom. The van der Waals surface area contributed by atoms with E-state index in [0.717, 1.165) is 42.1 Å². The molecule has 0 amide bonds. The molecule has 1 heterocycles. The minimum atomic E-state index is -0.933. The van der Waals surface area contributed by atoms with Crippen LogP contribution in [0.1, 0.15) is 84.6 Å². The molecule has 5 fully saturated rings. The third kappa shape index (κ3) is 3.47. The molecule has 1 aromatic rings. The highest BCUT2D eigenvalue weighted by Crippen LogP contribution is 2.74. The fourth-order valence-corrected chi connectivity index (χ4v) is 9.68. The van der Waals surface area contributed by atoms with E-state index in [9.17, 15) is 15.0 Å². The largest absolute Gasteiger partial charge is 0.390 e. The van der Waals surface area contributed by atoms with Crippen molar-refractivity contribution in [1.29, 1.82) is 0 Å². The van der Waals surface area contributed by atoms with Gasteiger partial charge in [-0.05, 0) is 119 Å². The fourth-order valence-electron chi connectivity index (χ4n) is 9.68. The van der Waals surface area contributed by atoms with Gasteiger partial charge in [0.05, 0.1) is 23.9 Å². The Balaban J connectivity index is 1.20. The molecule has 33 heavy (non-hydrogen) atoms. The van der Waals surface area contributed by atoms with Crippen LogP contribution in [0.3, 0.4) is 0 Å². The van der Waals surface area contributed by atoms with Crippen LogP contribution in [0.25, 0.3) is 0 Å². The van der Waals surface area contributed by atoms with E-state index in [4.69, 9.17) is 0 Å². The molecule has 0 spiro atoms. The third-order valence-corrected chi connectivity index (χ3v) is 11.0. The van der Waals surface area contributed by atoms with Gasteiger partial charge in [-0.15, -0.1) is 0 Å². The molecule has 10 atom stereocenters. The van der Waals surface area contributed by atoms with E-state index in [0.29, 0.717) is 30.1 Å². The second-order valence-electron chi connectivity index (χ2n) is 13.6. The van der Waals surface area contributed by atoms with Crippen molar-refractivity contribution < 1.29 is 15.0 Å². The van der Waals surface area contributed by atoms with Gasteiger partial charge >= 0.3 is 0 Å². The molecule has 0 aromatic carbocycles. The van der Waals surface area contributed by atoms with Crippen LogP contribution in [0, 0.1) is 52.8 Å². The van der Waals surface area contributed by atoms with Crippen LogP contribution in [-0.2, 0) is 16.9 Å². The van der Waals surface area contributed by atoms with Gasteiger partial charge in [0.15, 0.2) is 5.78 Å². The summed E-state index contributed by atoms with van der Waals surface area (Å²) in [6, 6.07) is 0. The summed E-state index contributed by atoms with van der Waals surface area (Å²) in [5.41, 5.74) is -0.484. The Hall–Kier alpha value is -1.20. The van der Waals surface area contributed by atoms with Gasteiger partial charge in [-0.2, -0.15) is 5.10 Å². The Kier molecular flexibility index (Phi) is 4.83. The first-order valence-electron chi connectivity index (χ1n) is 13.5. The zero-order valence-corrected chi connectivity index (χ0v) is 20.8. The van der Waals surface area contributed by atoms with E-state index < -0.39 is 11.2 Å². The number of rotatable bonds is 4. The van der Waals surface area contributed by atoms with E-state index in [1.165, 1.54) is 38.5 Å². The van der Waals surface area contributed by atoms with Crippen molar-refractivity contribution in [2.24, 2.45) is 52.8 Å². The molecule has 0 bridgehead atoms. The molecule has 2 N–H and O–H groups in total. The van der Waals surface area contributed by atoms with E-state index in [1.54, 1.807) is 24.7 Å². The molecule has 5 aliphatic carbocycles. The highest BCUT2D eigenvalue weighted by atomic mass is 16.3. The number of carbonyl (C=O) groups is 1. The van der Waals surface area contributed by atoms with Crippen LogP contribution < -0.4 is 0 Å². The fraction of sp³-hybridized carbons (Fsp3) is 0.857. The summed E-state index contributed by atoms with van der Waals surface area (Å²) >= 11 is 0. The number of carbonyl (C=O) groups excluding carboxylic acids is 1. The lowest BCUT2D eigenvalue weighted by molar-refractivity contribution is -0.136.